The van der Waals surface area contributed by atoms with Gasteiger partial charge in [0.2, 0.25) is 5.16 Å². The van der Waals surface area contributed by atoms with Crippen LogP contribution >= 0.6 is 11.8 Å². The first kappa shape index (κ1) is 14.1. The van der Waals surface area contributed by atoms with Gasteiger partial charge in [-0.25, -0.2) is 0 Å². The van der Waals surface area contributed by atoms with Gasteiger partial charge in [0.05, 0.1) is 12.4 Å². The molecule has 1 saturated carbocycles. The molecule has 1 aliphatic rings. The molecule has 1 fully saturated rings. The third-order valence-corrected chi connectivity index (χ3v) is 4.75. The van der Waals surface area contributed by atoms with Gasteiger partial charge in [-0.2, -0.15) is 4.68 Å². The molecule has 0 spiro atoms. The smallest absolute Gasteiger partial charge is 0.214 e. The monoisotopic (exact) mass is 304 g/mol. The van der Waals surface area contributed by atoms with Crippen LogP contribution in [0.2, 0.25) is 0 Å². The Morgan fingerprint density at radius 1 is 1.33 bits per heavy atom. The van der Waals surface area contributed by atoms with Gasteiger partial charge < -0.3 is 4.74 Å². The van der Waals surface area contributed by atoms with Crippen molar-refractivity contribution in [2.45, 2.75) is 36.1 Å². The fraction of sp³-hybridized carbons (Fsp3) is 0.429. The number of thioether (sulfide) groups is 1. The highest BCUT2D eigenvalue weighted by atomic mass is 32.2. The highest BCUT2D eigenvalue weighted by molar-refractivity contribution is 8.00. The molecule has 1 aromatic carbocycles. The number of para-hydroxylation sites is 2. The van der Waals surface area contributed by atoms with Crippen LogP contribution in [0.25, 0.3) is 5.69 Å². The van der Waals surface area contributed by atoms with Gasteiger partial charge >= 0.3 is 0 Å². The van der Waals surface area contributed by atoms with Crippen LogP contribution < -0.4 is 4.74 Å². The summed E-state index contributed by atoms with van der Waals surface area (Å²) >= 11 is 1.44. The summed E-state index contributed by atoms with van der Waals surface area (Å²) in [5, 5.41) is 12.4. The maximum absolute atomic E-state index is 12.0. The van der Waals surface area contributed by atoms with Crippen molar-refractivity contribution in [1.82, 2.24) is 20.2 Å². The van der Waals surface area contributed by atoms with E-state index in [2.05, 4.69) is 15.5 Å². The Kier molecular flexibility index (Phi) is 4.19. The number of tetrazole rings is 1. The third kappa shape index (κ3) is 2.92. The first-order valence-electron chi connectivity index (χ1n) is 6.90. The minimum atomic E-state index is -0.0433. The van der Waals surface area contributed by atoms with E-state index in [1.807, 2.05) is 24.3 Å². The summed E-state index contributed by atoms with van der Waals surface area (Å²) in [7, 11) is 1.61. The van der Waals surface area contributed by atoms with Crippen LogP contribution in [0.1, 0.15) is 25.7 Å². The Labute approximate surface area is 126 Å². The van der Waals surface area contributed by atoms with Crippen LogP contribution in [0, 0.1) is 0 Å². The number of rotatable bonds is 4. The number of hydrogen-bond acceptors (Lipinski definition) is 6. The lowest BCUT2D eigenvalue weighted by Crippen LogP contribution is -2.21. The van der Waals surface area contributed by atoms with Crippen LogP contribution in [0.5, 0.6) is 5.75 Å². The van der Waals surface area contributed by atoms with Gasteiger partial charge in [-0.05, 0) is 35.4 Å². The van der Waals surface area contributed by atoms with Crippen LogP contribution in [-0.2, 0) is 4.79 Å². The Hall–Kier alpha value is -1.89. The predicted molar refractivity (Wildman–Crippen MR) is 78.8 cm³/mol. The summed E-state index contributed by atoms with van der Waals surface area (Å²) in [4.78, 5) is 12.0. The number of carbonyl (C=O) groups is 1. The number of hydrogen-bond donors (Lipinski definition) is 0. The standard InChI is InChI=1S/C14H16N4O2S/c1-20-12-8-4-2-6-10(12)18-14(15-16-17-18)21-13-9-5-3-7-11(13)19/h2,4,6,8,13H,3,5,7,9H2,1H3/t13-/m0/s1. The number of aromatic nitrogens is 4. The summed E-state index contributed by atoms with van der Waals surface area (Å²) < 4.78 is 6.97. The second kappa shape index (κ2) is 6.26. The lowest BCUT2D eigenvalue weighted by atomic mass is 9.99. The first-order chi connectivity index (χ1) is 10.3. The highest BCUT2D eigenvalue weighted by Gasteiger charge is 2.26. The lowest BCUT2D eigenvalue weighted by molar-refractivity contribution is -0.119. The van der Waals surface area contributed by atoms with E-state index in [0.29, 0.717) is 23.1 Å². The van der Waals surface area contributed by atoms with Crippen LogP contribution in [0.4, 0.5) is 0 Å². The van der Waals surface area contributed by atoms with Crippen molar-refractivity contribution in [2.24, 2.45) is 0 Å². The second-order valence-electron chi connectivity index (χ2n) is 4.86. The van der Waals surface area contributed by atoms with Crippen molar-refractivity contribution in [3.63, 3.8) is 0 Å². The quantitative estimate of drug-likeness (QED) is 0.863. The highest BCUT2D eigenvalue weighted by Crippen LogP contribution is 2.32. The van der Waals surface area contributed by atoms with Crippen molar-refractivity contribution >= 4 is 17.5 Å². The van der Waals surface area contributed by atoms with Crippen molar-refractivity contribution in [3.05, 3.63) is 24.3 Å². The molecule has 0 N–H and O–H groups in total. The largest absolute Gasteiger partial charge is 0.494 e. The Morgan fingerprint density at radius 2 is 2.19 bits per heavy atom. The van der Waals surface area contributed by atoms with Gasteiger partial charge in [0.25, 0.3) is 0 Å². The average Bonchev–Trinajstić information content (AvgIpc) is 2.97. The molecule has 0 bridgehead atoms. The zero-order chi connectivity index (χ0) is 14.7. The van der Waals surface area contributed by atoms with Crippen molar-refractivity contribution in [2.75, 3.05) is 7.11 Å². The fourth-order valence-electron chi connectivity index (χ4n) is 2.41. The molecule has 0 aliphatic heterocycles. The number of Topliss-reactive ketones (excluding diaryl/α,β-unsaturated/α-hetero) is 1. The van der Waals surface area contributed by atoms with Gasteiger partial charge in [0.1, 0.15) is 17.2 Å². The van der Waals surface area contributed by atoms with Gasteiger partial charge in [0, 0.05) is 6.42 Å². The van der Waals surface area contributed by atoms with Crippen molar-refractivity contribution in [1.29, 1.82) is 0 Å². The first-order valence-corrected chi connectivity index (χ1v) is 7.78. The van der Waals surface area contributed by atoms with E-state index in [-0.39, 0.29) is 5.25 Å². The summed E-state index contributed by atoms with van der Waals surface area (Å²) in [6, 6.07) is 7.54. The predicted octanol–water partition coefficient (Wildman–Crippen LogP) is 2.27. The van der Waals surface area contributed by atoms with E-state index in [4.69, 9.17) is 4.74 Å². The van der Waals surface area contributed by atoms with Gasteiger partial charge in [-0.1, -0.05) is 30.3 Å². The molecule has 3 rings (SSSR count). The minimum absolute atomic E-state index is 0.0433. The van der Waals surface area contributed by atoms with Crippen LogP contribution in [0.15, 0.2) is 29.4 Å². The summed E-state index contributed by atoms with van der Waals surface area (Å²) in [6.45, 7) is 0. The number of carbonyl (C=O) groups excluding carboxylic acids is 1. The van der Waals surface area contributed by atoms with E-state index in [0.717, 1.165) is 24.9 Å². The van der Waals surface area contributed by atoms with E-state index in [9.17, 15) is 4.79 Å². The molecule has 7 heteroatoms. The van der Waals surface area contributed by atoms with E-state index in [1.54, 1.807) is 11.8 Å². The maximum atomic E-state index is 12.0. The molecule has 0 unspecified atom stereocenters. The summed E-state index contributed by atoms with van der Waals surface area (Å²) in [6.07, 6.45) is 3.63. The summed E-state index contributed by atoms with van der Waals surface area (Å²) in [5.74, 6) is 0.988. The van der Waals surface area contributed by atoms with E-state index in [1.165, 1.54) is 11.8 Å². The van der Waals surface area contributed by atoms with Crippen LogP contribution in [0.3, 0.4) is 0 Å². The number of methoxy groups -OCH3 is 1. The van der Waals surface area contributed by atoms with Gasteiger partial charge in [-0.15, -0.1) is 5.10 Å². The molecule has 1 aliphatic carbocycles. The Balaban J connectivity index is 1.88. The van der Waals surface area contributed by atoms with Crippen molar-refractivity contribution < 1.29 is 9.53 Å². The zero-order valence-electron chi connectivity index (χ0n) is 11.7. The third-order valence-electron chi connectivity index (χ3n) is 3.50. The number of ketones is 1. The van der Waals surface area contributed by atoms with E-state index < -0.39 is 0 Å². The molecule has 2 aromatic rings. The molecule has 0 saturated heterocycles. The van der Waals surface area contributed by atoms with Crippen molar-refractivity contribution in [3.8, 4) is 11.4 Å². The number of benzene rings is 1. The molecular weight excluding hydrogens is 288 g/mol. The number of nitrogens with zero attached hydrogens (tertiary/aromatic N) is 4. The van der Waals surface area contributed by atoms with Crippen LogP contribution in [-0.4, -0.2) is 38.4 Å². The Bertz CT molecular complexity index is 643. The summed E-state index contributed by atoms with van der Waals surface area (Å²) in [5.41, 5.74) is 0.774. The molecule has 1 aromatic heterocycles. The SMILES string of the molecule is COc1ccccc1-n1nnnc1S[C@H]1CCCCC1=O. The van der Waals surface area contributed by atoms with Gasteiger partial charge in [0.15, 0.2) is 0 Å². The van der Waals surface area contributed by atoms with E-state index >= 15 is 0 Å². The maximum Gasteiger partial charge on any atom is 0.214 e. The average molecular weight is 304 g/mol. The molecule has 110 valence electrons. The number of ether oxygens (including phenoxy) is 1. The topological polar surface area (TPSA) is 69.9 Å². The van der Waals surface area contributed by atoms with Gasteiger partial charge in [-0.3, -0.25) is 4.79 Å². The second-order valence-corrected chi connectivity index (χ2v) is 6.03. The molecule has 21 heavy (non-hydrogen) atoms. The molecule has 1 atom stereocenters. The molecule has 0 amide bonds. The fourth-order valence-corrected chi connectivity index (χ4v) is 3.52. The minimum Gasteiger partial charge on any atom is -0.494 e. The molecular formula is C14H16N4O2S. The Morgan fingerprint density at radius 3 is 3.00 bits per heavy atom. The zero-order valence-corrected chi connectivity index (χ0v) is 12.5. The lowest BCUT2D eigenvalue weighted by Gasteiger charge is -2.19. The molecule has 0 radical (unpaired) electrons. The normalized spacial score (nSPS) is 18.7. The molecule has 6 nitrogen and oxygen atoms in total. The molecule has 1 heterocycles.